The van der Waals surface area contributed by atoms with Crippen molar-refractivity contribution in [2.24, 2.45) is 0 Å². The molecule has 1 amide bonds. The fourth-order valence-electron chi connectivity index (χ4n) is 2.87. The quantitative estimate of drug-likeness (QED) is 0.772. The SMILES string of the molecule is CC[S@@](=O)c1ccccc1C(=O)OCC(=O)N1CCc2ccccc21. The molecule has 1 heterocycles. The maximum atomic E-state index is 12.4. The molecule has 1 aliphatic heterocycles. The number of nitrogens with zero attached hydrogens (tertiary/aromatic N) is 1. The molecule has 1 atom stereocenters. The number of hydrogen-bond donors (Lipinski definition) is 0. The monoisotopic (exact) mass is 357 g/mol. The van der Waals surface area contributed by atoms with Gasteiger partial charge in [0.05, 0.1) is 21.3 Å². The van der Waals surface area contributed by atoms with Gasteiger partial charge in [-0.25, -0.2) is 4.79 Å². The van der Waals surface area contributed by atoms with Gasteiger partial charge in [0.2, 0.25) is 0 Å². The Kier molecular flexibility index (Phi) is 5.28. The van der Waals surface area contributed by atoms with E-state index in [9.17, 15) is 13.8 Å². The van der Waals surface area contributed by atoms with Crippen LogP contribution >= 0.6 is 0 Å². The van der Waals surface area contributed by atoms with Gasteiger partial charge in [-0.1, -0.05) is 37.3 Å². The summed E-state index contributed by atoms with van der Waals surface area (Å²) in [4.78, 5) is 26.8. The summed E-state index contributed by atoms with van der Waals surface area (Å²) in [7, 11) is -1.26. The molecular weight excluding hydrogens is 338 g/mol. The lowest BCUT2D eigenvalue weighted by Crippen LogP contribution is -2.33. The summed E-state index contributed by atoms with van der Waals surface area (Å²) in [5.74, 6) is -0.473. The summed E-state index contributed by atoms with van der Waals surface area (Å²) in [6, 6.07) is 14.3. The predicted octanol–water partition coefficient (Wildman–Crippen LogP) is 2.56. The first-order valence-electron chi connectivity index (χ1n) is 8.14. The van der Waals surface area contributed by atoms with Gasteiger partial charge in [0.25, 0.3) is 5.91 Å². The van der Waals surface area contributed by atoms with Gasteiger partial charge in [0.15, 0.2) is 6.61 Å². The van der Waals surface area contributed by atoms with Crippen LogP contribution in [-0.4, -0.2) is 35.0 Å². The molecule has 0 fully saturated rings. The molecule has 0 saturated heterocycles. The molecule has 6 heteroatoms. The van der Waals surface area contributed by atoms with E-state index in [0.717, 1.165) is 17.7 Å². The van der Waals surface area contributed by atoms with Crippen molar-refractivity contribution in [3.63, 3.8) is 0 Å². The molecule has 0 spiro atoms. The predicted molar refractivity (Wildman–Crippen MR) is 96.2 cm³/mol. The Morgan fingerprint density at radius 3 is 2.64 bits per heavy atom. The topological polar surface area (TPSA) is 63.7 Å². The summed E-state index contributed by atoms with van der Waals surface area (Å²) in [6.07, 6.45) is 0.800. The van der Waals surface area contributed by atoms with E-state index in [0.29, 0.717) is 17.2 Å². The number of ether oxygens (including phenoxy) is 1. The van der Waals surface area contributed by atoms with Crippen LogP contribution in [0, 0.1) is 0 Å². The first-order valence-corrected chi connectivity index (χ1v) is 9.46. The molecule has 5 nitrogen and oxygen atoms in total. The second-order valence-corrected chi connectivity index (χ2v) is 7.34. The van der Waals surface area contributed by atoms with E-state index in [1.165, 1.54) is 0 Å². The van der Waals surface area contributed by atoms with E-state index in [2.05, 4.69) is 0 Å². The number of amides is 1. The number of benzene rings is 2. The number of fused-ring (bicyclic) bond motifs is 1. The molecule has 25 heavy (non-hydrogen) atoms. The number of anilines is 1. The highest BCUT2D eigenvalue weighted by atomic mass is 32.2. The van der Waals surface area contributed by atoms with Crippen molar-refractivity contribution in [3.05, 3.63) is 59.7 Å². The third-order valence-electron chi connectivity index (χ3n) is 4.13. The number of carbonyl (C=O) groups is 2. The molecule has 0 radical (unpaired) electrons. The van der Waals surface area contributed by atoms with Gasteiger partial charge in [0, 0.05) is 18.0 Å². The first kappa shape index (κ1) is 17.4. The van der Waals surface area contributed by atoms with E-state index in [4.69, 9.17) is 4.74 Å². The smallest absolute Gasteiger partial charge is 0.339 e. The van der Waals surface area contributed by atoms with Crippen LogP contribution in [0.1, 0.15) is 22.8 Å². The largest absolute Gasteiger partial charge is 0.452 e. The van der Waals surface area contributed by atoms with Crippen LogP contribution in [0.4, 0.5) is 5.69 Å². The fraction of sp³-hybridized carbons (Fsp3) is 0.263. The summed E-state index contributed by atoms with van der Waals surface area (Å²) < 4.78 is 17.2. The van der Waals surface area contributed by atoms with Crippen molar-refractivity contribution in [2.45, 2.75) is 18.2 Å². The van der Waals surface area contributed by atoms with Crippen LogP contribution in [0.2, 0.25) is 0 Å². The summed E-state index contributed by atoms with van der Waals surface area (Å²) >= 11 is 0. The number of carbonyl (C=O) groups excluding carboxylic acids is 2. The lowest BCUT2D eigenvalue weighted by Gasteiger charge is -2.17. The van der Waals surface area contributed by atoms with E-state index >= 15 is 0 Å². The Hall–Kier alpha value is -2.47. The zero-order chi connectivity index (χ0) is 17.8. The molecule has 2 aromatic rings. The molecule has 0 bridgehead atoms. The molecule has 0 N–H and O–H groups in total. The molecule has 0 aromatic heterocycles. The van der Waals surface area contributed by atoms with E-state index < -0.39 is 16.8 Å². The molecule has 0 aliphatic carbocycles. The van der Waals surface area contributed by atoms with Gasteiger partial charge in [-0.15, -0.1) is 0 Å². The maximum absolute atomic E-state index is 12.4. The number of rotatable bonds is 5. The minimum atomic E-state index is -1.26. The van der Waals surface area contributed by atoms with E-state index in [1.54, 1.807) is 36.1 Å². The van der Waals surface area contributed by atoms with Gasteiger partial charge in [-0.3, -0.25) is 9.00 Å². The second-order valence-electron chi connectivity index (χ2n) is 5.63. The van der Waals surface area contributed by atoms with Crippen LogP contribution in [0.5, 0.6) is 0 Å². The molecule has 3 rings (SSSR count). The Bertz CT molecular complexity index is 834. The van der Waals surface area contributed by atoms with Gasteiger partial charge >= 0.3 is 5.97 Å². The lowest BCUT2D eigenvalue weighted by molar-refractivity contribution is -0.121. The highest BCUT2D eigenvalue weighted by Crippen LogP contribution is 2.27. The summed E-state index contributed by atoms with van der Waals surface area (Å²) in [5, 5.41) is 0. The van der Waals surface area contributed by atoms with Crippen molar-refractivity contribution >= 4 is 28.4 Å². The molecular formula is C19H19NO4S. The second kappa shape index (κ2) is 7.61. The minimum absolute atomic E-state index is 0.248. The maximum Gasteiger partial charge on any atom is 0.339 e. The summed E-state index contributed by atoms with van der Waals surface area (Å²) in [6.45, 7) is 2.04. The van der Waals surface area contributed by atoms with E-state index in [-0.39, 0.29) is 18.1 Å². The fourth-order valence-corrected chi connectivity index (χ4v) is 3.81. The Labute approximate surface area is 149 Å². The minimum Gasteiger partial charge on any atom is -0.452 e. The molecule has 1 aliphatic rings. The lowest BCUT2D eigenvalue weighted by atomic mass is 10.2. The van der Waals surface area contributed by atoms with Gasteiger partial charge in [-0.2, -0.15) is 0 Å². The zero-order valence-electron chi connectivity index (χ0n) is 13.9. The number of para-hydroxylation sites is 1. The van der Waals surface area contributed by atoms with Crippen molar-refractivity contribution < 1.29 is 18.5 Å². The van der Waals surface area contributed by atoms with Gasteiger partial charge in [-0.05, 0) is 30.2 Å². The average molecular weight is 357 g/mol. The van der Waals surface area contributed by atoms with Crippen LogP contribution in [0.15, 0.2) is 53.4 Å². The summed E-state index contributed by atoms with van der Waals surface area (Å²) in [5.41, 5.74) is 2.24. The van der Waals surface area contributed by atoms with Crippen LogP contribution in [0.25, 0.3) is 0 Å². The van der Waals surface area contributed by atoms with Crippen LogP contribution < -0.4 is 4.90 Å². The van der Waals surface area contributed by atoms with Crippen molar-refractivity contribution in [1.29, 1.82) is 0 Å². The standard InChI is InChI=1S/C19H19NO4S/c1-2-25(23)17-10-6-4-8-15(17)19(22)24-13-18(21)20-12-11-14-7-3-5-9-16(14)20/h3-10H,2,11-13H2,1H3/t25-/m1/s1. The van der Waals surface area contributed by atoms with Gasteiger partial charge < -0.3 is 9.64 Å². The molecule has 0 saturated carbocycles. The number of esters is 1. The van der Waals surface area contributed by atoms with Crippen molar-refractivity contribution in [1.82, 2.24) is 0 Å². The van der Waals surface area contributed by atoms with Crippen LogP contribution in [0.3, 0.4) is 0 Å². The Balaban J connectivity index is 1.68. The third-order valence-corrected chi connectivity index (χ3v) is 5.50. The van der Waals surface area contributed by atoms with Gasteiger partial charge in [0.1, 0.15) is 0 Å². The highest BCUT2D eigenvalue weighted by Gasteiger charge is 2.25. The molecule has 130 valence electrons. The Morgan fingerprint density at radius 2 is 1.84 bits per heavy atom. The first-order chi connectivity index (χ1) is 12.1. The van der Waals surface area contributed by atoms with E-state index in [1.807, 2.05) is 24.3 Å². The Morgan fingerprint density at radius 1 is 1.12 bits per heavy atom. The zero-order valence-corrected chi connectivity index (χ0v) is 14.8. The normalized spacial score (nSPS) is 14.0. The van der Waals surface area contributed by atoms with Crippen LogP contribution in [-0.2, 0) is 26.8 Å². The number of hydrogen-bond acceptors (Lipinski definition) is 4. The van der Waals surface area contributed by atoms with Crippen molar-refractivity contribution in [2.75, 3.05) is 23.8 Å². The van der Waals surface area contributed by atoms with Crippen molar-refractivity contribution in [3.8, 4) is 0 Å². The highest BCUT2D eigenvalue weighted by molar-refractivity contribution is 7.85. The molecule has 0 unspecified atom stereocenters. The third kappa shape index (κ3) is 3.64. The molecule has 2 aromatic carbocycles. The average Bonchev–Trinajstić information content (AvgIpc) is 3.09.